The second-order valence-electron chi connectivity index (χ2n) is 5.82. The number of hydrogen-bond acceptors (Lipinski definition) is 4. The summed E-state index contributed by atoms with van der Waals surface area (Å²) in [6.45, 7) is 0.902. The first kappa shape index (κ1) is 19.1. The van der Waals surface area contributed by atoms with Crippen molar-refractivity contribution in [2.75, 3.05) is 17.8 Å². The lowest BCUT2D eigenvalue weighted by molar-refractivity contribution is 0.477. The van der Waals surface area contributed by atoms with Gasteiger partial charge >= 0.3 is 0 Å². The Labute approximate surface area is 156 Å². The average Bonchev–Trinajstić information content (AvgIpc) is 3.12. The topological polar surface area (TPSA) is 83.5 Å². The van der Waals surface area contributed by atoms with Gasteiger partial charge in [-0.15, -0.1) is 0 Å². The molecule has 2 aromatic rings. The van der Waals surface area contributed by atoms with Crippen LogP contribution in [0.25, 0.3) is 0 Å². The van der Waals surface area contributed by atoms with Gasteiger partial charge in [0, 0.05) is 13.1 Å². The molecule has 0 spiro atoms. The van der Waals surface area contributed by atoms with Crippen molar-refractivity contribution in [1.29, 1.82) is 0 Å². The molecule has 2 aromatic carbocycles. The number of rotatable bonds is 5. The molecule has 0 unspecified atom stereocenters. The Kier molecular flexibility index (Phi) is 5.25. The average molecular weight is 419 g/mol. The highest BCUT2D eigenvalue weighted by atomic mass is 35.5. The van der Waals surface area contributed by atoms with Crippen molar-refractivity contribution in [3.05, 3.63) is 53.3 Å². The quantitative estimate of drug-likeness (QED) is 0.808. The Hall–Kier alpha value is -1.68. The fraction of sp³-hybridized carbons (Fsp3) is 0.250. The highest BCUT2D eigenvalue weighted by Crippen LogP contribution is 2.25. The fourth-order valence-electron chi connectivity index (χ4n) is 2.66. The summed E-state index contributed by atoms with van der Waals surface area (Å²) in [7, 11) is -7.71. The summed E-state index contributed by atoms with van der Waals surface area (Å²) in [5.41, 5.74) is 0.0886. The Bertz CT molecular complexity index is 1040. The Balaban J connectivity index is 1.89. The predicted molar refractivity (Wildman–Crippen MR) is 96.7 cm³/mol. The molecule has 26 heavy (non-hydrogen) atoms. The van der Waals surface area contributed by atoms with E-state index in [0.717, 1.165) is 31.0 Å². The van der Waals surface area contributed by atoms with Crippen LogP contribution in [0.1, 0.15) is 12.8 Å². The summed E-state index contributed by atoms with van der Waals surface area (Å²) in [6.07, 6.45) is 1.60. The Morgan fingerprint density at radius 1 is 0.962 bits per heavy atom. The van der Waals surface area contributed by atoms with Gasteiger partial charge in [-0.05, 0) is 49.2 Å². The first-order chi connectivity index (χ1) is 12.2. The third kappa shape index (κ3) is 3.85. The summed E-state index contributed by atoms with van der Waals surface area (Å²) >= 11 is 5.63. The second kappa shape index (κ2) is 7.15. The maximum atomic E-state index is 13.2. The summed E-state index contributed by atoms with van der Waals surface area (Å²) in [4.78, 5) is -0.214. The van der Waals surface area contributed by atoms with Crippen molar-refractivity contribution in [1.82, 2.24) is 4.31 Å². The molecule has 0 aliphatic carbocycles. The predicted octanol–water partition coefficient (Wildman–Crippen LogP) is 3.06. The summed E-state index contributed by atoms with van der Waals surface area (Å²) < 4.78 is 66.9. The van der Waals surface area contributed by atoms with Crippen LogP contribution >= 0.6 is 11.6 Å². The third-order valence-corrected chi connectivity index (χ3v) is 7.55. The molecule has 1 N–H and O–H groups in total. The molecule has 1 aliphatic rings. The van der Waals surface area contributed by atoms with Gasteiger partial charge in [-0.2, -0.15) is 4.31 Å². The van der Waals surface area contributed by atoms with E-state index in [0.29, 0.717) is 13.1 Å². The molecule has 0 bridgehead atoms. The molecular weight excluding hydrogens is 403 g/mol. The van der Waals surface area contributed by atoms with Crippen LogP contribution in [0.5, 0.6) is 0 Å². The number of halogens is 2. The molecule has 0 saturated carbocycles. The molecule has 0 atom stereocenters. The van der Waals surface area contributed by atoms with E-state index in [-0.39, 0.29) is 20.5 Å². The molecule has 0 radical (unpaired) electrons. The highest BCUT2D eigenvalue weighted by Gasteiger charge is 2.27. The van der Waals surface area contributed by atoms with Crippen LogP contribution < -0.4 is 4.72 Å². The van der Waals surface area contributed by atoms with Crippen LogP contribution in [0.4, 0.5) is 10.1 Å². The number of benzene rings is 2. The molecular formula is C16H16ClFN2O4S2. The normalized spacial score (nSPS) is 15.9. The largest absolute Gasteiger partial charge is 0.280 e. The van der Waals surface area contributed by atoms with Gasteiger partial charge < -0.3 is 0 Å². The van der Waals surface area contributed by atoms with Crippen LogP contribution in [0.2, 0.25) is 5.02 Å². The van der Waals surface area contributed by atoms with Crippen molar-refractivity contribution in [3.63, 3.8) is 0 Å². The second-order valence-corrected chi connectivity index (χ2v) is 9.85. The summed E-state index contributed by atoms with van der Waals surface area (Å²) in [5.74, 6) is -0.732. The van der Waals surface area contributed by atoms with E-state index in [1.165, 1.54) is 28.6 Å². The monoisotopic (exact) mass is 418 g/mol. The van der Waals surface area contributed by atoms with E-state index in [9.17, 15) is 21.2 Å². The SMILES string of the molecule is O=S(=O)(Nc1cccc(S(=O)(=O)N2CCCC2)c1)c1ccc(F)c(Cl)c1. The zero-order valence-corrected chi connectivity index (χ0v) is 15.9. The standard InChI is InChI=1S/C16H16ClFN2O4S2/c17-15-11-13(6-7-16(15)18)25(21,22)19-12-4-3-5-14(10-12)26(23,24)20-8-1-2-9-20/h3-7,10-11,19H,1-2,8-9H2. The minimum absolute atomic E-state index is 0.0109. The molecule has 1 heterocycles. The Morgan fingerprint density at radius 2 is 1.65 bits per heavy atom. The van der Waals surface area contributed by atoms with E-state index in [4.69, 9.17) is 11.6 Å². The fourth-order valence-corrected chi connectivity index (χ4v) is 5.54. The van der Waals surface area contributed by atoms with Crippen molar-refractivity contribution in [3.8, 4) is 0 Å². The van der Waals surface area contributed by atoms with Crippen molar-refractivity contribution in [2.24, 2.45) is 0 Å². The molecule has 6 nitrogen and oxygen atoms in total. The van der Waals surface area contributed by atoms with E-state index < -0.39 is 25.9 Å². The van der Waals surface area contributed by atoms with Gasteiger partial charge in [0.1, 0.15) is 5.82 Å². The number of anilines is 1. The lowest BCUT2D eigenvalue weighted by Crippen LogP contribution is -2.27. The third-order valence-electron chi connectivity index (χ3n) is 3.99. The molecule has 0 aromatic heterocycles. The minimum Gasteiger partial charge on any atom is -0.280 e. The molecule has 140 valence electrons. The van der Waals surface area contributed by atoms with Crippen molar-refractivity contribution < 1.29 is 21.2 Å². The van der Waals surface area contributed by atoms with Crippen molar-refractivity contribution >= 4 is 37.3 Å². The van der Waals surface area contributed by atoms with E-state index in [1.54, 1.807) is 0 Å². The number of nitrogens with zero attached hydrogens (tertiary/aromatic N) is 1. The minimum atomic E-state index is -4.04. The number of hydrogen-bond donors (Lipinski definition) is 1. The molecule has 1 fully saturated rings. The van der Waals surface area contributed by atoms with Crippen molar-refractivity contribution in [2.45, 2.75) is 22.6 Å². The lowest BCUT2D eigenvalue weighted by Gasteiger charge is -2.16. The van der Waals surface area contributed by atoms with Crippen LogP contribution in [0.15, 0.2) is 52.3 Å². The first-order valence-corrected chi connectivity index (χ1v) is 11.1. The van der Waals surface area contributed by atoms with Gasteiger partial charge in [-0.3, -0.25) is 4.72 Å². The number of nitrogens with one attached hydrogen (secondary N) is 1. The number of sulfonamides is 2. The van der Waals surface area contributed by atoms with Crippen LogP contribution in [-0.4, -0.2) is 34.2 Å². The molecule has 1 aliphatic heterocycles. The van der Waals surface area contributed by atoms with Crippen LogP contribution in [0.3, 0.4) is 0 Å². The van der Waals surface area contributed by atoms with Crippen LogP contribution in [0, 0.1) is 5.82 Å². The zero-order chi connectivity index (χ0) is 18.9. The lowest BCUT2D eigenvalue weighted by atomic mass is 10.3. The molecule has 3 rings (SSSR count). The van der Waals surface area contributed by atoms with Gasteiger partial charge in [0.25, 0.3) is 10.0 Å². The maximum absolute atomic E-state index is 13.2. The van der Waals surface area contributed by atoms with E-state index >= 15 is 0 Å². The smallest absolute Gasteiger partial charge is 0.261 e. The zero-order valence-electron chi connectivity index (χ0n) is 13.5. The maximum Gasteiger partial charge on any atom is 0.261 e. The van der Waals surface area contributed by atoms with Gasteiger partial charge in [-0.1, -0.05) is 17.7 Å². The van der Waals surface area contributed by atoms with E-state index in [1.807, 2.05) is 0 Å². The van der Waals surface area contributed by atoms with Gasteiger partial charge in [0.15, 0.2) is 0 Å². The van der Waals surface area contributed by atoms with Gasteiger partial charge in [-0.25, -0.2) is 21.2 Å². The summed E-state index contributed by atoms with van der Waals surface area (Å²) in [5, 5.41) is -0.321. The van der Waals surface area contributed by atoms with Gasteiger partial charge in [0.05, 0.1) is 20.5 Å². The van der Waals surface area contributed by atoms with Gasteiger partial charge in [0.2, 0.25) is 10.0 Å². The van der Waals surface area contributed by atoms with E-state index in [2.05, 4.69) is 4.72 Å². The molecule has 10 heteroatoms. The van der Waals surface area contributed by atoms with Crippen LogP contribution in [-0.2, 0) is 20.0 Å². The molecule has 0 amide bonds. The highest BCUT2D eigenvalue weighted by molar-refractivity contribution is 7.92. The Morgan fingerprint density at radius 3 is 2.31 bits per heavy atom. The first-order valence-electron chi connectivity index (χ1n) is 7.78. The summed E-state index contributed by atoms with van der Waals surface area (Å²) in [6, 6.07) is 8.59. The molecule has 1 saturated heterocycles.